The second kappa shape index (κ2) is 6.05. The standard InChI is InChI=1S/C24H22O3/c1-14-11-15(2)27-23-21(14)16(3)19-9-10-25-22(19)24(23)26-13-18-12-20(18)17-7-5-4-6-8-17/h4-11,18,20H,1,12-13H2,2-3H3/t18-,20+/m1/s1. The molecule has 3 nitrogen and oxygen atoms in total. The molecule has 0 saturated heterocycles. The molecule has 0 spiro atoms. The summed E-state index contributed by atoms with van der Waals surface area (Å²) in [6, 6.07) is 12.6. The number of furan rings is 1. The summed E-state index contributed by atoms with van der Waals surface area (Å²) in [5.41, 5.74) is 5.23. The second-order valence-electron chi connectivity index (χ2n) is 7.53. The van der Waals surface area contributed by atoms with Gasteiger partial charge < -0.3 is 13.9 Å². The van der Waals surface area contributed by atoms with Gasteiger partial charge in [0.2, 0.25) is 5.75 Å². The molecule has 2 heterocycles. The number of hydrogen-bond acceptors (Lipinski definition) is 3. The van der Waals surface area contributed by atoms with Crippen molar-refractivity contribution in [3.05, 3.63) is 77.8 Å². The minimum atomic E-state index is 0.526. The quantitative estimate of drug-likeness (QED) is 0.554. The van der Waals surface area contributed by atoms with Gasteiger partial charge in [-0.25, -0.2) is 0 Å². The molecule has 0 unspecified atom stereocenters. The summed E-state index contributed by atoms with van der Waals surface area (Å²) in [7, 11) is 0. The maximum absolute atomic E-state index is 6.32. The van der Waals surface area contributed by atoms with Crippen molar-refractivity contribution in [2.45, 2.75) is 26.2 Å². The molecule has 1 aliphatic carbocycles. The fourth-order valence-corrected chi connectivity index (χ4v) is 4.16. The van der Waals surface area contributed by atoms with Crippen LogP contribution >= 0.6 is 0 Å². The Labute approximate surface area is 158 Å². The monoisotopic (exact) mass is 358 g/mol. The van der Waals surface area contributed by atoms with E-state index in [2.05, 4.69) is 43.8 Å². The number of benzene rings is 2. The zero-order valence-electron chi connectivity index (χ0n) is 15.6. The molecule has 1 aliphatic heterocycles. The van der Waals surface area contributed by atoms with Gasteiger partial charge in [0.25, 0.3) is 0 Å². The van der Waals surface area contributed by atoms with Gasteiger partial charge in [0.1, 0.15) is 5.76 Å². The van der Waals surface area contributed by atoms with Gasteiger partial charge >= 0.3 is 0 Å². The molecule has 0 bridgehead atoms. The van der Waals surface area contributed by atoms with E-state index in [1.165, 1.54) is 5.56 Å². The van der Waals surface area contributed by atoms with E-state index in [-0.39, 0.29) is 0 Å². The van der Waals surface area contributed by atoms with Gasteiger partial charge in [-0.05, 0) is 55.0 Å². The Kier molecular flexibility index (Phi) is 3.64. The van der Waals surface area contributed by atoms with Gasteiger partial charge in [0.15, 0.2) is 11.3 Å². The van der Waals surface area contributed by atoms with E-state index in [0.717, 1.165) is 45.6 Å². The van der Waals surface area contributed by atoms with Gasteiger partial charge in [-0.1, -0.05) is 36.9 Å². The zero-order chi connectivity index (χ0) is 18.5. The van der Waals surface area contributed by atoms with Crippen molar-refractivity contribution >= 4 is 16.5 Å². The van der Waals surface area contributed by atoms with Crippen LogP contribution in [0, 0.1) is 12.8 Å². The number of ether oxygens (including phenoxy) is 2. The van der Waals surface area contributed by atoms with Crippen molar-refractivity contribution in [2.75, 3.05) is 6.61 Å². The maximum atomic E-state index is 6.32. The topological polar surface area (TPSA) is 31.6 Å². The predicted molar refractivity (Wildman–Crippen MR) is 107 cm³/mol. The minimum absolute atomic E-state index is 0.526. The van der Waals surface area contributed by atoms with Crippen LogP contribution in [0.4, 0.5) is 0 Å². The Morgan fingerprint density at radius 1 is 1.15 bits per heavy atom. The number of hydrogen-bond donors (Lipinski definition) is 0. The Morgan fingerprint density at radius 3 is 2.78 bits per heavy atom. The van der Waals surface area contributed by atoms with Gasteiger partial charge in [0, 0.05) is 16.9 Å². The summed E-state index contributed by atoms with van der Waals surface area (Å²) in [4.78, 5) is 0. The minimum Gasteiger partial charge on any atom is -0.486 e. The van der Waals surface area contributed by atoms with E-state index in [4.69, 9.17) is 13.9 Å². The average molecular weight is 358 g/mol. The third kappa shape index (κ3) is 2.66. The first-order valence-corrected chi connectivity index (χ1v) is 9.40. The third-order valence-electron chi connectivity index (χ3n) is 5.64. The number of aryl methyl sites for hydroxylation is 1. The molecule has 27 heavy (non-hydrogen) atoms. The molecule has 2 aromatic carbocycles. The highest BCUT2D eigenvalue weighted by Gasteiger charge is 2.39. The average Bonchev–Trinajstić information content (AvgIpc) is 3.26. The van der Waals surface area contributed by atoms with Crippen molar-refractivity contribution in [2.24, 2.45) is 5.92 Å². The Morgan fingerprint density at radius 2 is 1.96 bits per heavy atom. The Balaban J connectivity index is 1.47. The molecule has 2 atom stereocenters. The number of rotatable bonds is 4. The molecular formula is C24H22O3. The SMILES string of the molecule is C=C1C=C(C)Oc2c1c(C)c1ccoc1c2OC[C@H]1C[C@H]1c1ccccc1. The van der Waals surface area contributed by atoms with Crippen LogP contribution in [0.15, 0.2) is 65.5 Å². The fraction of sp³-hybridized carbons (Fsp3) is 0.250. The van der Waals surface area contributed by atoms with E-state index in [9.17, 15) is 0 Å². The van der Waals surface area contributed by atoms with Crippen molar-refractivity contribution in [3.8, 4) is 11.5 Å². The summed E-state index contributed by atoms with van der Waals surface area (Å²) < 4.78 is 18.2. The normalized spacial score (nSPS) is 20.8. The van der Waals surface area contributed by atoms with E-state index in [0.29, 0.717) is 24.2 Å². The number of fused-ring (bicyclic) bond motifs is 2. The van der Waals surface area contributed by atoms with Crippen LogP contribution in [0.2, 0.25) is 0 Å². The molecule has 3 heteroatoms. The van der Waals surface area contributed by atoms with E-state index < -0.39 is 0 Å². The molecule has 1 saturated carbocycles. The predicted octanol–water partition coefficient (Wildman–Crippen LogP) is 6.23. The van der Waals surface area contributed by atoms with E-state index in [1.807, 2.05) is 19.1 Å². The Bertz CT molecular complexity index is 1070. The van der Waals surface area contributed by atoms with Crippen LogP contribution in [0.3, 0.4) is 0 Å². The molecule has 1 fully saturated rings. The van der Waals surface area contributed by atoms with Crippen molar-refractivity contribution in [3.63, 3.8) is 0 Å². The smallest absolute Gasteiger partial charge is 0.206 e. The molecule has 0 radical (unpaired) electrons. The lowest BCUT2D eigenvalue weighted by atomic mass is 9.95. The van der Waals surface area contributed by atoms with Crippen LogP contribution in [0.25, 0.3) is 16.5 Å². The van der Waals surface area contributed by atoms with Gasteiger partial charge in [-0.2, -0.15) is 0 Å². The molecular weight excluding hydrogens is 336 g/mol. The van der Waals surface area contributed by atoms with E-state index in [1.54, 1.807) is 6.26 Å². The largest absolute Gasteiger partial charge is 0.486 e. The molecule has 136 valence electrons. The molecule has 0 amide bonds. The molecule has 2 aliphatic rings. The summed E-state index contributed by atoms with van der Waals surface area (Å²) in [6.45, 7) is 8.89. The van der Waals surface area contributed by atoms with Gasteiger partial charge in [0.05, 0.1) is 12.9 Å². The fourth-order valence-electron chi connectivity index (χ4n) is 4.16. The van der Waals surface area contributed by atoms with E-state index >= 15 is 0 Å². The third-order valence-corrected chi connectivity index (χ3v) is 5.64. The summed E-state index contributed by atoms with van der Waals surface area (Å²) in [5.74, 6) is 3.35. The lowest BCUT2D eigenvalue weighted by molar-refractivity contribution is 0.279. The lowest BCUT2D eigenvalue weighted by Crippen LogP contribution is -2.08. The first-order chi connectivity index (χ1) is 13.1. The van der Waals surface area contributed by atoms with Crippen molar-refractivity contribution in [1.82, 2.24) is 0 Å². The highest BCUT2D eigenvalue weighted by molar-refractivity contribution is 5.97. The highest BCUT2D eigenvalue weighted by atomic mass is 16.5. The molecule has 3 aromatic rings. The molecule has 1 aromatic heterocycles. The van der Waals surface area contributed by atoms with Crippen LogP contribution in [0.1, 0.15) is 36.0 Å². The van der Waals surface area contributed by atoms with Crippen LogP contribution in [-0.2, 0) is 0 Å². The summed E-state index contributed by atoms with van der Waals surface area (Å²) in [5, 5.41) is 1.05. The first kappa shape index (κ1) is 16.2. The van der Waals surface area contributed by atoms with Crippen molar-refractivity contribution in [1.29, 1.82) is 0 Å². The van der Waals surface area contributed by atoms with Gasteiger partial charge in [-0.15, -0.1) is 0 Å². The van der Waals surface area contributed by atoms with Crippen LogP contribution < -0.4 is 9.47 Å². The van der Waals surface area contributed by atoms with Crippen LogP contribution in [0.5, 0.6) is 11.5 Å². The molecule has 0 N–H and O–H groups in total. The zero-order valence-corrected chi connectivity index (χ0v) is 15.6. The van der Waals surface area contributed by atoms with Crippen LogP contribution in [-0.4, -0.2) is 6.61 Å². The maximum Gasteiger partial charge on any atom is 0.206 e. The number of allylic oxidation sites excluding steroid dienone is 3. The summed E-state index contributed by atoms with van der Waals surface area (Å²) in [6.07, 6.45) is 4.84. The summed E-state index contributed by atoms with van der Waals surface area (Å²) >= 11 is 0. The lowest BCUT2D eigenvalue weighted by Gasteiger charge is -2.23. The Hall–Kier alpha value is -2.94. The molecule has 5 rings (SSSR count). The van der Waals surface area contributed by atoms with Crippen molar-refractivity contribution < 1.29 is 13.9 Å². The second-order valence-corrected chi connectivity index (χ2v) is 7.53. The van der Waals surface area contributed by atoms with Gasteiger partial charge in [-0.3, -0.25) is 0 Å². The highest BCUT2D eigenvalue weighted by Crippen LogP contribution is 2.51. The first-order valence-electron chi connectivity index (χ1n) is 9.40.